The SMILES string of the molecule is Nc1cc(-c2ccccc2)nc(Cc2cccc(F)c2)n1. The molecular weight excluding hydrogens is 265 g/mol. The molecule has 1 heterocycles. The third-order valence-corrected chi connectivity index (χ3v) is 3.11. The van der Waals surface area contributed by atoms with Gasteiger partial charge in [-0.05, 0) is 17.7 Å². The molecule has 0 fully saturated rings. The first-order valence-electron chi connectivity index (χ1n) is 6.64. The van der Waals surface area contributed by atoms with Gasteiger partial charge in [0.2, 0.25) is 0 Å². The van der Waals surface area contributed by atoms with Gasteiger partial charge in [-0.2, -0.15) is 0 Å². The summed E-state index contributed by atoms with van der Waals surface area (Å²) in [6.45, 7) is 0. The van der Waals surface area contributed by atoms with Crippen molar-refractivity contribution in [1.29, 1.82) is 0 Å². The average molecular weight is 279 g/mol. The molecule has 0 saturated heterocycles. The zero-order valence-electron chi connectivity index (χ0n) is 11.3. The number of anilines is 1. The molecule has 0 aliphatic heterocycles. The van der Waals surface area contributed by atoms with Crippen LogP contribution in [-0.4, -0.2) is 9.97 Å². The van der Waals surface area contributed by atoms with Crippen molar-refractivity contribution in [1.82, 2.24) is 9.97 Å². The number of nitrogens with zero attached hydrogens (tertiary/aromatic N) is 2. The Labute approximate surface area is 122 Å². The topological polar surface area (TPSA) is 51.8 Å². The molecule has 0 unspecified atom stereocenters. The molecular formula is C17H14FN3. The summed E-state index contributed by atoms with van der Waals surface area (Å²) in [6, 6.07) is 17.9. The van der Waals surface area contributed by atoms with E-state index in [4.69, 9.17) is 5.73 Å². The number of aromatic nitrogens is 2. The molecule has 0 atom stereocenters. The molecule has 2 N–H and O–H groups in total. The fourth-order valence-electron chi connectivity index (χ4n) is 2.18. The minimum absolute atomic E-state index is 0.264. The van der Waals surface area contributed by atoms with Gasteiger partial charge in [-0.15, -0.1) is 0 Å². The van der Waals surface area contributed by atoms with Crippen LogP contribution in [-0.2, 0) is 6.42 Å². The second kappa shape index (κ2) is 5.71. The third kappa shape index (κ3) is 3.23. The summed E-state index contributed by atoms with van der Waals surface area (Å²) < 4.78 is 13.2. The fraction of sp³-hybridized carbons (Fsp3) is 0.0588. The Balaban J connectivity index is 1.95. The highest BCUT2D eigenvalue weighted by Crippen LogP contribution is 2.19. The molecule has 0 radical (unpaired) electrons. The van der Waals surface area contributed by atoms with Gasteiger partial charge < -0.3 is 5.73 Å². The molecule has 3 aromatic rings. The second-order valence-corrected chi connectivity index (χ2v) is 4.77. The number of halogens is 1. The second-order valence-electron chi connectivity index (χ2n) is 4.77. The van der Waals surface area contributed by atoms with Crippen molar-refractivity contribution in [2.45, 2.75) is 6.42 Å². The van der Waals surface area contributed by atoms with E-state index in [1.54, 1.807) is 12.1 Å². The van der Waals surface area contributed by atoms with Gasteiger partial charge in [-0.1, -0.05) is 42.5 Å². The first-order valence-corrected chi connectivity index (χ1v) is 6.64. The molecule has 3 rings (SSSR count). The van der Waals surface area contributed by atoms with Crippen LogP contribution >= 0.6 is 0 Å². The third-order valence-electron chi connectivity index (χ3n) is 3.11. The van der Waals surface area contributed by atoms with Crippen molar-refractivity contribution < 1.29 is 4.39 Å². The van der Waals surface area contributed by atoms with Crippen LogP contribution in [0.1, 0.15) is 11.4 Å². The molecule has 21 heavy (non-hydrogen) atoms. The summed E-state index contributed by atoms with van der Waals surface area (Å²) in [4.78, 5) is 8.74. The molecule has 0 spiro atoms. The van der Waals surface area contributed by atoms with Crippen molar-refractivity contribution in [2.75, 3.05) is 5.73 Å². The lowest BCUT2D eigenvalue weighted by Gasteiger charge is -2.06. The summed E-state index contributed by atoms with van der Waals surface area (Å²) in [5, 5.41) is 0. The van der Waals surface area contributed by atoms with E-state index in [9.17, 15) is 4.39 Å². The van der Waals surface area contributed by atoms with E-state index in [1.165, 1.54) is 12.1 Å². The smallest absolute Gasteiger partial charge is 0.135 e. The molecule has 0 amide bonds. The molecule has 0 bridgehead atoms. The van der Waals surface area contributed by atoms with E-state index >= 15 is 0 Å². The summed E-state index contributed by atoms with van der Waals surface area (Å²) >= 11 is 0. The van der Waals surface area contributed by atoms with Crippen LogP contribution in [0.25, 0.3) is 11.3 Å². The van der Waals surface area contributed by atoms with Crippen molar-refractivity contribution in [3.05, 3.63) is 77.9 Å². The van der Waals surface area contributed by atoms with Gasteiger partial charge in [0.05, 0.1) is 5.69 Å². The summed E-state index contributed by atoms with van der Waals surface area (Å²) in [6.07, 6.45) is 0.447. The Kier molecular flexibility index (Phi) is 3.60. The Morgan fingerprint density at radius 2 is 1.71 bits per heavy atom. The molecule has 1 aromatic heterocycles. The van der Waals surface area contributed by atoms with E-state index in [2.05, 4.69) is 9.97 Å². The molecule has 104 valence electrons. The first kappa shape index (κ1) is 13.2. The molecule has 0 aliphatic rings. The van der Waals surface area contributed by atoms with E-state index in [1.807, 2.05) is 36.4 Å². The highest BCUT2D eigenvalue weighted by Gasteiger charge is 2.06. The van der Waals surface area contributed by atoms with Crippen LogP contribution in [0.4, 0.5) is 10.2 Å². The highest BCUT2D eigenvalue weighted by molar-refractivity contribution is 5.61. The molecule has 2 aromatic carbocycles. The maximum absolute atomic E-state index is 13.2. The lowest BCUT2D eigenvalue weighted by Crippen LogP contribution is -2.02. The predicted octanol–water partition coefficient (Wildman–Crippen LogP) is 3.46. The maximum atomic E-state index is 13.2. The van der Waals surface area contributed by atoms with Crippen LogP contribution in [0, 0.1) is 5.82 Å². The maximum Gasteiger partial charge on any atom is 0.135 e. The number of nitrogens with two attached hydrogens (primary N) is 1. The minimum atomic E-state index is -0.264. The average Bonchev–Trinajstić information content (AvgIpc) is 2.47. The van der Waals surface area contributed by atoms with Gasteiger partial charge >= 0.3 is 0 Å². The Morgan fingerprint density at radius 1 is 0.905 bits per heavy atom. The lowest BCUT2D eigenvalue weighted by atomic mass is 10.1. The van der Waals surface area contributed by atoms with Crippen LogP contribution < -0.4 is 5.73 Å². The largest absolute Gasteiger partial charge is 0.384 e. The Bertz CT molecular complexity index is 757. The van der Waals surface area contributed by atoms with Crippen LogP contribution in [0.15, 0.2) is 60.7 Å². The van der Waals surface area contributed by atoms with Crippen LogP contribution in [0.2, 0.25) is 0 Å². The van der Waals surface area contributed by atoms with E-state index in [0.717, 1.165) is 16.8 Å². The van der Waals surface area contributed by atoms with Crippen molar-refractivity contribution >= 4 is 5.82 Å². The molecule has 4 heteroatoms. The highest BCUT2D eigenvalue weighted by atomic mass is 19.1. The monoisotopic (exact) mass is 279 g/mol. The number of rotatable bonds is 3. The first-order chi connectivity index (χ1) is 10.2. The van der Waals surface area contributed by atoms with E-state index < -0.39 is 0 Å². The zero-order valence-corrected chi connectivity index (χ0v) is 11.3. The fourth-order valence-corrected chi connectivity index (χ4v) is 2.18. The van der Waals surface area contributed by atoms with Gasteiger partial charge in [-0.3, -0.25) is 0 Å². The lowest BCUT2D eigenvalue weighted by molar-refractivity contribution is 0.626. The number of hydrogen-bond acceptors (Lipinski definition) is 3. The zero-order chi connectivity index (χ0) is 14.7. The molecule has 3 nitrogen and oxygen atoms in total. The van der Waals surface area contributed by atoms with Crippen molar-refractivity contribution in [3.8, 4) is 11.3 Å². The van der Waals surface area contributed by atoms with Gasteiger partial charge in [0.15, 0.2) is 0 Å². The minimum Gasteiger partial charge on any atom is -0.384 e. The standard InChI is InChI=1S/C17H14FN3/c18-14-8-4-5-12(9-14)10-17-20-15(11-16(19)21-17)13-6-2-1-3-7-13/h1-9,11H,10H2,(H2,19,20,21). The number of nitrogen functional groups attached to an aromatic ring is 1. The summed E-state index contributed by atoms with van der Waals surface area (Å²) in [5.41, 5.74) is 8.43. The van der Waals surface area contributed by atoms with E-state index in [0.29, 0.717) is 18.1 Å². The van der Waals surface area contributed by atoms with Gasteiger partial charge in [0.25, 0.3) is 0 Å². The Hall–Kier alpha value is -2.75. The molecule has 0 aliphatic carbocycles. The van der Waals surface area contributed by atoms with Crippen molar-refractivity contribution in [2.24, 2.45) is 0 Å². The quantitative estimate of drug-likeness (QED) is 0.798. The van der Waals surface area contributed by atoms with Gasteiger partial charge in [0.1, 0.15) is 17.5 Å². The predicted molar refractivity (Wildman–Crippen MR) is 81.1 cm³/mol. The number of hydrogen-bond donors (Lipinski definition) is 1. The number of benzene rings is 2. The van der Waals surface area contributed by atoms with E-state index in [-0.39, 0.29) is 5.82 Å². The Morgan fingerprint density at radius 3 is 2.48 bits per heavy atom. The summed E-state index contributed by atoms with van der Waals surface area (Å²) in [7, 11) is 0. The van der Waals surface area contributed by atoms with Gasteiger partial charge in [0, 0.05) is 18.1 Å². The van der Waals surface area contributed by atoms with Crippen LogP contribution in [0.5, 0.6) is 0 Å². The van der Waals surface area contributed by atoms with Crippen LogP contribution in [0.3, 0.4) is 0 Å². The van der Waals surface area contributed by atoms with Gasteiger partial charge in [-0.25, -0.2) is 14.4 Å². The normalized spacial score (nSPS) is 10.5. The van der Waals surface area contributed by atoms with Crippen molar-refractivity contribution in [3.63, 3.8) is 0 Å². The summed E-state index contributed by atoms with van der Waals surface area (Å²) in [5.74, 6) is 0.731. The molecule has 0 saturated carbocycles.